The van der Waals surface area contributed by atoms with E-state index in [2.05, 4.69) is 36.5 Å². The van der Waals surface area contributed by atoms with E-state index in [0.29, 0.717) is 12.5 Å². The second-order valence-electron chi connectivity index (χ2n) is 6.85. The van der Waals surface area contributed by atoms with Crippen molar-refractivity contribution >= 4 is 5.91 Å². The highest BCUT2D eigenvalue weighted by Crippen LogP contribution is 2.32. The molecule has 2 N–H and O–H groups in total. The first-order valence-corrected chi connectivity index (χ1v) is 8.69. The summed E-state index contributed by atoms with van der Waals surface area (Å²) in [6, 6.07) is 8.11. The zero-order valence-corrected chi connectivity index (χ0v) is 14.7. The molecule has 1 aromatic rings. The molecule has 3 unspecified atom stereocenters. The summed E-state index contributed by atoms with van der Waals surface area (Å²) in [7, 11) is 1.90. The highest BCUT2D eigenvalue weighted by atomic mass is 16.3. The largest absolute Gasteiger partial charge is 0.392 e. The van der Waals surface area contributed by atoms with Gasteiger partial charge in [0.15, 0.2) is 0 Å². The molecule has 3 atom stereocenters. The summed E-state index contributed by atoms with van der Waals surface area (Å²) in [5.74, 6) is 0.436. The van der Waals surface area contributed by atoms with Crippen molar-refractivity contribution in [2.75, 3.05) is 13.6 Å². The number of nitrogens with one attached hydrogen (secondary N) is 1. The van der Waals surface area contributed by atoms with Crippen molar-refractivity contribution in [1.29, 1.82) is 0 Å². The summed E-state index contributed by atoms with van der Waals surface area (Å²) in [6.07, 6.45) is 2.93. The molecule has 0 heterocycles. The maximum absolute atomic E-state index is 12.4. The predicted molar refractivity (Wildman–Crippen MR) is 93.2 cm³/mol. The van der Waals surface area contributed by atoms with E-state index in [4.69, 9.17) is 0 Å². The number of hydrogen-bond donors (Lipinski definition) is 2. The fourth-order valence-corrected chi connectivity index (χ4v) is 2.74. The van der Waals surface area contributed by atoms with Crippen LogP contribution in [-0.4, -0.2) is 41.7 Å². The van der Waals surface area contributed by atoms with Gasteiger partial charge in [-0.05, 0) is 57.2 Å². The Morgan fingerprint density at radius 3 is 2.43 bits per heavy atom. The Kier molecular flexibility index (Phi) is 6.19. The summed E-state index contributed by atoms with van der Waals surface area (Å²) in [6.45, 7) is 6.58. The average Bonchev–Trinajstić information content (AvgIpc) is 3.38. The fourth-order valence-electron chi connectivity index (χ4n) is 2.74. The van der Waals surface area contributed by atoms with Crippen molar-refractivity contribution in [3.05, 3.63) is 35.4 Å². The first-order valence-electron chi connectivity index (χ1n) is 8.69. The lowest BCUT2D eigenvalue weighted by molar-refractivity contribution is -0.126. The molecule has 0 spiro atoms. The zero-order chi connectivity index (χ0) is 17.0. The quantitative estimate of drug-likeness (QED) is 0.774. The molecular formula is C19H30N2O2. The number of aliphatic hydroxyl groups excluding tert-OH is 1. The van der Waals surface area contributed by atoms with Crippen LogP contribution in [0.3, 0.4) is 0 Å². The van der Waals surface area contributed by atoms with E-state index in [9.17, 15) is 9.90 Å². The number of rotatable bonds is 8. The molecule has 1 aliphatic carbocycles. The molecule has 0 radical (unpaired) electrons. The van der Waals surface area contributed by atoms with E-state index in [1.54, 1.807) is 0 Å². The summed E-state index contributed by atoms with van der Waals surface area (Å²) in [5.41, 5.74) is 2.41. The number of likely N-dealkylation sites (N-methyl/N-ethyl adjacent to an activating group) is 1. The minimum Gasteiger partial charge on any atom is -0.392 e. The monoisotopic (exact) mass is 318 g/mol. The van der Waals surface area contributed by atoms with Gasteiger partial charge >= 0.3 is 0 Å². The van der Waals surface area contributed by atoms with Gasteiger partial charge in [0.1, 0.15) is 0 Å². The Bertz CT molecular complexity index is 511. The molecule has 0 bridgehead atoms. The number of nitrogens with zero attached hydrogens (tertiary/aromatic N) is 1. The normalized spacial score (nSPS) is 18.5. The van der Waals surface area contributed by atoms with Crippen LogP contribution >= 0.6 is 0 Å². The Labute approximate surface area is 139 Å². The minimum absolute atomic E-state index is 0.00237. The predicted octanol–water partition coefficient (Wildman–Crippen LogP) is 2.52. The van der Waals surface area contributed by atoms with Gasteiger partial charge in [-0.2, -0.15) is 0 Å². The van der Waals surface area contributed by atoms with E-state index in [1.807, 2.05) is 25.8 Å². The summed E-state index contributed by atoms with van der Waals surface area (Å²) >= 11 is 0. The Morgan fingerprint density at radius 2 is 1.91 bits per heavy atom. The first kappa shape index (κ1) is 18.0. The highest BCUT2D eigenvalue weighted by molar-refractivity contribution is 5.81. The minimum atomic E-state index is -0.311. The van der Waals surface area contributed by atoms with E-state index in [-0.39, 0.29) is 24.1 Å². The fraction of sp³-hybridized carbons (Fsp3) is 0.632. The number of carbonyl (C=O) groups is 1. The third-order valence-electron chi connectivity index (χ3n) is 4.93. The van der Waals surface area contributed by atoms with Gasteiger partial charge in [-0.3, -0.25) is 9.69 Å². The van der Waals surface area contributed by atoms with Crippen molar-refractivity contribution < 1.29 is 9.90 Å². The lowest BCUT2D eigenvalue weighted by Crippen LogP contribution is -2.46. The van der Waals surface area contributed by atoms with Crippen molar-refractivity contribution in [2.24, 2.45) is 5.92 Å². The number of amides is 1. The summed E-state index contributed by atoms with van der Waals surface area (Å²) < 4.78 is 0. The van der Waals surface area contributed by atoms with Crippen LogP contribution in [0.15, 0.2) is 24.3 Å². The highest BCUT2D eigenvalue weighted by Gasteiger charge is 2.32. The topological polar surface area (TPSA) is 52.6 Å². The lowest BCUT2D eigenvalue weighted by Gasteiger charge is -2.27. The van der Waals surface area contributed by atoms with Crippen molar-refractivity contribution in [1.82, 2.24) is 10.2 Å². The maximum Gasteiger partial charge on any atom is 0.237 e. The van der Waals surface area contributed by atoms with Gasteiger partial charge in [0.2, 0.25) is 5.91 Å². The average molecular weight is 318 g/mol. The smallest absolute Gasteiger partial charge is 0.237 e. The molecule has 1 fully saturated rings. The van der Waals surface area contributed by atoms with E-state index in [0.717, 1.165) is 24.8 Å². The van der Waals surface area contributed by atoms with Crippen molar-refractivity contribution in [2.45, 2.75) is 58.2 Å². The van der Waals surface area contributed by atoms with E-state index in [1.165, 1.54) is 5.56 Å². The first-order chi connectivity index (χ1) is 10.9. The van der Waals surface area contributed by atoms with Crippen molar-refractivity contribution in [3.63, 3.8) is 0 Å². The van der Waals surface area contributed by atoms with Gasteiger partial charge in [0.25, 0.3) is 0 Å². The Morgan fingerprint density at radius 1 is 1.30 bits per heavy atom. The molecule has 0 aromatic heterocycles. The molecule has 23 heavy (non-hydrogen) atoms. The van der Waals surface area contributed by atoms with Crippen LogP contribution in [0.5, 0.6) is 0 Å². The maximum atomic E-state index is 12.4. The van der Waals surface area contributed by atoms with Gasteiger partial charge < -0.3 is 10.4 Å². The standard InChI is InChI=1S/C19H30N2O2/c1-5-15-6-8-16(9-7-15)13(2)20-19(23)14(3)21(4)12-18(22)17-10-11-17/h6-9,13-14,17-18,22H,5,10-12H2,1-4H3,(H,20,23). The van der Waals surface area contributed by atoms with Crippen LogP contribution in [0, 0.1) is 5.92 Å². The van der Waals surface area contributed by atoms with Crippen LogP contribution in [0.2, 0.25) is 0 Å². The molecule has 1 aliphatic rings. The molecule has 0 saturated heterocycles. The van der Waals surface area contributed by atoms with Crippen LogP contribution in [0.1, 0.15) is 50.8 Å². The lowest BCUT2D eigenvalue weighted by atomic mass is 10.0. The van der Waals surface area contributed by atoms with Gasteiger partial charge in [0, 0.05) is 6.54 Å². The molecule has 4 nitrogen and oxygen atoms in total. The second-order valence-corrected chi connectivity index (χ2v) is 6.85. The molecule has 1 amide bonds. The number of carbonyl (C=O) groups excluding carboxylic acids is 1. The molecule has 4 heteroatoms. The van der Waals surface area contributed by atoms with Crippen LogP contribution < -0.4 is 5.32 Å². The molecule has 128 valence electrons. The van der Waals surface area contributed by atoms with Gasteiger partial charge in [-0.1, -0.05) is 31.2 Å². The zero-order valence-electron chi connectivity index (χ0n) is 14.7. The molecule has 1 saturated carbocycles. The number of aliphatic hydroxyl groups is 1. The van der Waals surface area contributed by atoms with Gasteiger partial charge in [-0.15, -0.1) is 0 Å². The van der Waals surface area contributed by atoms with Crippen LogP contribution in [0.4, 0.5) is 0 Å². The number of benzene rings is 1. The van der Waals surface area contributed by atoms with Crippen LogP contribution in [0.25, 0.3) is 0 Å². The molecule has 0 aliphatic heterocycles. The third kappa shape index (κ3) is 5.05. The number of hydrogen-bond acceptors (Lipinski definition) is 3. The third-order valence-corrected chi connectivity index (χ3v) is 4.93. The summed E-state index contributed by atoms with van der Waals surface area (Å²) in [5, 5.41) is 13.1. The van der Waals surface area contributed by atoms with E-state index >= 15 is 0 Å². The molecule has 2 rings (SSSR count). The van der Waals surface area contributed by atoms with Gasteiger partial charge in [-0.25, -0.2) is 0 Å². The SMILES string of the molecule is CCc1ccc(C(C)NC(=O)C(C)N(C)CC(O)C2CC2)cc1. The van der Waals surface area contributed by atoms with E-state index < -0.39 is 0 Å². The number of aryl methyl sites for hydroxylation is 1. The summed E-state index contributed by atoms with van der Waals surface area (Å²) in [4.78, 5) is 14.4. The Hall–Kier alpha value is -1.39. The van der Waals surface area contributed by atoms with Crippen LogP contribution in [-0.2, 0) is 11.2 Å². The molecular weight excluding hydrogens is 288 g/mol. The van der Waals surface area contributed by atoms with Gasteiger partial charge in [0.05, 0.1) is 18.2 Å². The second kappa shape index (κ2) is 7.93. The molecule has 1 aromatic carbocycles. The van der Waals surface area contributed by atoms with Crippen molar-refractivity contribution in [3.8, 4) is 0 Å². The Balaban J connectivity index is 1.85.